The SMILES string of the molecule is CC1COC(CO)CN1CC(=O)NCc1ccc(F)cc1. The molecule has 0 aromatic heterocycles. The third-order valence-corrected chi connectivity index (χ3v) is 3.59. The Morgan fingerprint density at radius 1 is 1.48 bits per heavy atom. The van der Waals surface area contributed by atoms with Gasteiger partial charge in [-0.05, 0) is 24.6 Å². The molecule has 0 bridgehead atoms. The van der Waals surface area contributed by atoms with Crippen LogP contribution in [0.3, 0.4) is 0 Å². The molecule has 2 atom stereocenters. The Bertz CT molecular complexity index is 466. The van der Waals surface area contributed by atoms with Gasteiger partial charge in [0.05, 0.1) is 25.9 Å². The van der Waals surface area contributed by atoms with E-state index < -0.39 is 0 Å². The molecular weight excluding hydrogens is 275 g/mol. The Kier molecular flexibility index (Phi) is 5.67. The normalized spacial score (nSPS) is 23.0. The highest BCUT2D eigenvalue weighted by molar-refractivity contribution is 5.78. The summed E-state index contributed by atoms with van der Waals surface area (Å²) in [5.41, 5.74) is 0.855. The number of morpholine rings is 1. The molecule has 1 amide bonds. The molecule has 1 fully saturated rings. The molecule has 1 aromatic carbocycles. The average Bonchev–Trinajstić information content (AvgIpc) is 2.49. The summed E-state index contributed by atoms with van der Waals surface area (Å²) in [6, 6.07) is 6.18. The smallest absolute Gasteiger partial charge is 0.234 e. The summed E-state index contributed by atoms with van der Waals surface area (Å²) in [7, 11) is 0. The van der Waals surface area contributed by atoms with Gasteiger partial charge in [0, 0.05) is 19.1 Å². The van der Waals surface area contributed by atoms with E-state index in [0.717, 1.165) is 5.56 Å². The summed E-state index contributed by atoms with van der Waals surface area (Å²) in [5.74, 6) is -0.382. The van der Waals surface area contributed by atoms with E-state index in [1.54, 1.807) is 12.1 Å². The lowest BCUT2D eigenvalue weighted by molar-refractivity contribution is -0.127. The number of aliphatic hydroxyl groups excluding tert-OH is 1. The van der Waals surface area contributed by atoms with Crippen molar-refractivity contribution in [2.75, 3.05) is 26.3 Å². The van der Waals surface area contributed by atoms with Crippen molar-refractivity contribution >= 4 is 5.91 Å². The monoisotopic (exact) mass is 296 g/mol. The first-order valence-electron chi connectivity index (χ1n) is 7.06. The van der Waals surface area contributed by atoms with E-state index in [2.05, 4.69) is 5.32 Å². The molecule has 6 heteroatoms. The van der Waals surface area contributed by atoms with Crippen molar-refractivity contribution < 1.29 is 19.0 Å². The molecule has 1 heterocycles. The fourth-order valence-corrected chi connectivity index (χ4v) is 2.25. The molecule has 0 radical (unpaired) electrons. The molecule has 1 aliphatic heterocycles. The number of rotatable bonds is 5. The number of carbonyl (C=O) groups is 1. The summed E-state index contributed by atoms with van der Waals surface area (Å²) in [4.78, 5) is 14.0. The minimum absolute atomic E-state index is 0.0413. The number of amides is 1. The predicted molar refractivity (Wildman–Crippen MR) is 76.1 cm³/mol. The number of aliphatic hydroxyl groups is 1. The number of nitrogens with zero attached hydrogens (tertiary/aromatic N) is 1. The summed E-state index contributed by atoms with van der Waals surface area (Å²) >= 11 is 0. The largest absolute Gasteiger partial charge is 0.394 e. The quantitative estimate of drug-likeness (QED) is 0.832. The van der Waals surface area contributed by atoms with Gasteiger partial charge in [-0.2, -0.15) is 0 Å². The highest BCUT2D eigenvalue weighted by atomic mass is 19.1. The molecule has 0 spiro atoms. The van der Waals surface area contributed by atoms with Crippen LogP contribution in [0, 0.1) is 5.82 Å². The minimum atomic E-state index is -0.290. The Morgan fingerprint density at radius 2 is 2.19 bits per heavy atom. The van der Waals surface area contributed by atoms with Crippen LogP contribution in [0.2, 0.25) is 0 Å². The maximum atomic E-state index is 12.8. The standard InChI is InChI=1S/C15H21FN2O3/c1-11-10-21-14(9-19)7-18(11)8-15(20)17-6-12-2-4-13(16)5-3-12/h2-5,11,14,19H,6-10H2,1H3,(H,17,20). The van der Waals surface area contributed by atoms with E-state index in [1.807, 2.05) is 11.8 Å². The highest BCUT2D eigenvalue weighted by Gasteiger charge is 2.26. The fraction of sp³-hybridized carbons (Fsp3) is 0.533. The van der Waals surface area contributed by atoms with E-state index in [0.29, 0.717) is 19.7 Å². The van der Waals surface area contributed by atoms with Crippen molar-refractivity contribution in [2.45, 2.75) is 25.6 Å². The molecule has 5 nitrogen and oxygen atoms in total. The molecule has 1 saturated heterocycles. The van der Waals surface area contributed by atoms with Gasteiger partial charge in [-0.25, -0.2) is 4.39 Å². The van der Waals surface area contributed by atoms with Crippen LogP contribution in [0.25, 0.3) is 0 Å². The number of halogens is 1. The molecule has 0 aliphatic carbocycles. The Morgan fingerprint density at radius 3 is 2.86 bits per heavy atom. The van der Waals surface area contributed by atoms with Gasteiger partial charge in [0.1, 0.15) is 5.82 Å². The van der Waals surface area contributed by atoms with Gasteiger partial charge in [-0.3, -0.25) is 9.69 Å². The van der Waals surface area contributed by atoms with Gasteiger partial charge in [0.25, 0.3) is 0 Å². The van der Waals surface area contributed by atoms with Crippen molar-refractivity contribution in [1.82, 2.24) is 10.2 Å². The number of hydrogen-bond donors (Lipinski definition) is 2. The summed E-state index contributed by atoms with van der Waals surface area (Å²) in [6.07, 6.45) is -0.230. The van der Waals surface area contributed by atoms with Gasteiger partial charge in [0.2, 0.25) is 5.91 Å². The summed E-state index contributed by atoms with van der Waals surface area (Å²) in [6.45, 7) is 3.64. The van der Waals surface area contributed by atoms with E-state index in [1.165, 1.54) is 12.1 Å². The van der Waals surface area contributed by atoms with Crippen LogP contribution >= 0.6 is 0 Å². The maximum absolute atomic E-state index is 12.8. The minimum Gasteiger partial charge on any atom is -0.394 e. The molecule has 2 unspecified atom stereocenters. The third kappa shape index (κ3) is 4.77. The lowest BCUT2D eigenvalue weighted by Gasteiger charge is -2.36. The van der Waals surface area contributed by atoms with Gasteiger partial charge >= 0.3 is 0 Å². The van der Waals surface area contributed by atoms with E-state index in [9.17, 15) is 9.18 Å². The van der Waals surface area contributed by atoms with Crippen LogP contribution in [-0.2, 0) is 16.1 Å². The lowest BCUT2D eigenvalue weighted by atomic mass is 10.2. The van der Waals surface area contributed by atoms with Crippen LogP contribution in [0.1, 0.15) is 12.5 Å². The second-order valence-corrected chi connectivity index (χ2v) is 5.32. The van der Waals surface area contributed by atoms with Crippen LogP contribution in [0.4, 0.5) is 4.39 Å². The molecular formula is C15H21FN2O3. The van der Waals surface area contributed by atoms with E-state index in [-0.39, 0.29) is 37.0 Å². The van der Waals surface area contributed by atoms with Gasteiger partial charge in [-0.1, -0.05) is 12.1 Å². The molecule has 1 aliphatic rings. The topological polar surface area (TPSA) is 61.8 Å². The second kappa shape index (κ2) is 7.49. The molecule has 1 aromatic rings. The number of ether oxygens (including phenoxy) is 1. The van der Waals surface area contributed by atoms with E-state index in [4.69, 9.17) is 9.84 Å². The van der Waals surface area contributed by atoms with Crippen molar-refractivity contribution in [3.8, 4) is 0 Å². The zero-order valence-electron chi connectivity index (χ0n) is 12.1. The Balaban J connectivity index is 1.79. The van der Waals surface area contributed by atoms with Gasteiger partial charge < -0.3 is 15.2 Å². The molecule has 0 saturated carbocycles. The maximum Gasteiger partial charge on any atom is 0.234 e. The first kappa shape index (κ1) is 15.9. The number of benzene rings is 1. The van der Waals surface area contributed by atoms with Crippen molar-refractivity contribution in [3.63, 3.8) is 0 Å². The van der Waals surface area contributed by atoms with E-state index >= 15 is 0 Å². The first-order chi connectivity index (χ1) is 10.1. The summed E-state index contributed by atoms with van der Waals surface area (Å²) < 4.78 is 18.2. The van der Waals surface area contributed by atoms with Crippen molar-refractivity contribution in [2.24, 2.45) is 0 Å². The van der Waals surface area contributed by atoms with Crippen LogP contribution in [0.15, 0.2) is 24.3 Å². The molecule has 2 rings (SSSR count). The number of carbonyl (C=O) groups excluding carboxylic acids is 1. The van der Waals surface area contributed by atoms with Crippen LogP contribution in [-0.4, -0.2) is 54.4 Å². The highest BCUT2D eigenvalue weighted by Crippen LogP contribution is 2.11. The number of nitrogens with one attached hydrogen (secondary N) is 1. The second-order valence-electron chi connectivity index (χ2n) is 5.32. The molecule has 116 valence electrons. The summed E-state index contributed by atoms with van der Waals surface area (Å²) in [5, 5.41) is 11.9. The lowest BCUT2D eigenvalue weighted by Crippen LogP contribution is -2.52. The predicted octanol–water partition coefficient (Wildman–Crippen LogP) is 0.523. The van der Waals surface area contributed by atoms with Gasteiger partial charge in [-0.15, -0.1) is 0 Å². The molecule has 2 N–H and O–H groups in total. The fourth-order valence-electron chi connectivity index (χ4n) is 2.25. The van der Waals surface area contributed by atoms with Crippen LogP contribution in [0.5, 0.6) is 0 Å². The number of hydrogen-bond acceptors (Lipinski definition) is 4. The zero-order valence-corrected chi connectivity index (χ0v) is 12.1. The zero-order chi connectivity index (χ0) is 15.2. The molecule has 21 heavy (non-hydrogen) atoms. The van der Waals surface area contributed by atoms with Crippen molar-refractivity contribution in [3.05, 3.63) is 35.6 Å². The Labute approximate surface area is 123 Å². The third-order valence-electron chi connectivity index (χ3n) is 3.59. The van der Waals surface area contributed by atoms with Crippen molar-refractivity contribution in [1.29, 1.82) is 0 Å². The Hall–Kier alpha value is -1.50. The van der Waals surface area contributed by atoms with Gasteiger partial charge in [0.15, 0.2) is 0 Å². The van der Waals surface area contributed by atoms with Crippen LogP contribution < -0.4 is 5.32 Å². The first-order valence-corrected chi connectivity index (χ1v) is 7.06. The average molecular weight is 296 g/mol.